The first-order valence-electron chi connectivity index (χ1n) is 6.90. The number of aromatic hydroxyl groups is 1. The Bertz CT molecular complexity index is 566. The molecule has 0 saturated heterocycles. The van der Waals surface area contributed by atoms with Gasteiger partial charge in [-0.3, -0.25) is 4.79 Å². The molecule has 0 radical (unpaired) electrons. The molecule has 0 heterocycles. The van der Waals surface area contributed by atoms with Gasteiger partial charge in [0.05, 0.1) is 6.42 Å². The van der Waals surface area contributed by atoms with Gasteiger partial charge in [0.2, 0.25) is 0 Å². The summed E-state index contributed by atoms with van der Waals surface area (Å²) in [6.45, 7) is 0.636. The van der Waals surface area contributed by atoms with Crippen LogP contribution in [0.4, 0.5) is 0 Å². The lowest BCUT2D eigenvalue weighted by atomic mass is 10.0. The van der Waals surface area contributed by atoms with E-state index < -0.39 is 5.97 Å². The van der Waals surface area contributed by atoms with Gasteiger partial charge in [-0.25, -0.2) is 0 Å². The summed E-state index contributed by atoms with van der Waals surface area (Å²) in [5.74, 6) is -0.606. The van der Waals surface area contributed by atoms with Gasteiger partial charge in [0.25, 0.3) is 0 Å². The quantitative estimate of drug-likeness (QED) is 0.731. The minimum atomic E-state index is -0.820. The average Bonchev–Trinajstić information content (AvgIpc) is 2.48. The zero-order valence-electron chi connectivity index (χ0n) is 11.7. The topological polar surface area (TPSA) is 69.6 Å². The lowest BCUT2D eigenvalue weighted by Gasteiger charge is -2.17. The van der Waals surface area contributed by atoms with Crippen molar-refractivity contribution in [2.24, 2.45) is 0 Å². The molecule has 2 aromatic carbocycles. The summed E-state index contributed by atoms with van der Waals surface area (Å²) in [6, 6.07) is 16.6. The SMILES string of the molecule is O=C(O)CC(Cc1ccc(O)cc1)NCc1ccccc1. The minimum absolute atomic E-state index is 0.0632. The molecular formula is C17H19NO3. The zero-order chi connectivity index (χ0) is 15.1. The molecule has 0 aliphatic carbocycles. The summed E-state index contributed by atoms with van der Waals surface area (Å²) < 4.78 is 0. The Labute approximate surface area is 124 Å². The van der Waals surface area contributed by atoms with E-state index in [4.69, 9.17) is 5.11 Å². The molecule has 110 valence electrons. The first kappa shape index (κ1) is 15.1. The van der Waals surface area contributed by atoms with Crippen LogP contribution in [0.5, 0.6) is 5.75 Å². The molecule has 0 fully saturated rings. The Balaban J connectivity index is 1.97. The van der Waals surface area contributed by atoms with Crippen molar-refractivity contribution in [2.75, 3.05) is 0 Å². The first-order valence-corrected chi connectivity index (χ1v) is 6.90. The minimum Gasteiger partial charge on any atom is -0.508 e. The van der Waals surface area contributed by atoms with E-state index in [2.05, 4.69) is 5.32 Å². The monoisotopic (exact) mass is 285 g/mol. The Kier molecular flexibility index (Phi) is 5.35. The Hall–Kier alpha value is -2.33. The number of hydrogen-bond acceptors (Lipinski definition) is 3. The molecule has 0 amide bonds. The number of nitrogens with one attached hydrogen (secondary N) is 1. The van der Waals surface area contributed by atoms with Crippen LogP contribution in [0.2, 0.25) is 0 Å². The van der Waals surface area contributed by atoms with Crippen LogP contribution in [0.3, 0.4) is 0 Å². The smallest absolute Gasteiger partial charge is 0.304 e. The van der Waals surface area contributed by atoms with Crippen molar-refractivity contribution in [3.05, 3.63) is 65.7 Å². The second kappa shape index (κ2) is 7.45. The van der Waals surface area contributed by atoms with Gasteiger partial charge in [-0.15, -0.1) is 0 Å². The maximum Gasteiger partial charge on any atom is 0.304 e. The van der Waals surface area contributed by atoms with Crippen molar-refractivity contribution in [3.63, 3.8) is 0 Å². The van der Waals surface area contributed by atoms with E-state index in [1.807, 2.05) is 42.5 Å². The highest BCUT2D eigenvalue weighted by Gasteiger charge is 2.13. The number of carboxylic acid groups (broad SMARTS) is 1. The van der Waals surface area contributed by atoms with Gasteiger partial charge in [0, 0.05) is 12.6 Å². The van der Waals surface area contributed by atoms with Gasteiger partial charge in [-0.05, 0) is 29.7 Å². The van der Waals surface area contributed by atoms with Crippen LogP contribution in [0.15, 0.2) is 54.6 Å². The Morgan fingerprint density at radius 3 is 2.29 bits per heavy atom. The molecule has 4 nitrogen and oxygen atoms in total. The molecule has 0 saturated carbocycles. The van der Waals surface area contributed by atoms with Crippen LogP contribution in [0.1, 0.15) is 17.5 Å². The average molecular weight is 285 g/mol. The summed E-state index contributed by atoms with van der Waals surface area (Å²) in [4.78, 5) is 11.0. The third-order valence-corrected chi connectivity index (χ3v) is 3.28. The third kappa shape index (κ3) is 5.28. The number of rotatable bonds is 7. The van der Waals surface area contributed by atoms with Crippen molar-refractivity contribution in [1.82, 2.24) is 5.32 Å². The summed E-state index contributed by atoms with van der Waals surface area (Å²) in [6.07, 6.45) is 0.674. The predicted molar refractivity (Wildman–Crippen MR) is 81.1 cm³/mol. The predicted octanol–water partition coefficient (Wildman–Crippen LogP) is 2.57. The van der Waals surface area contributed by atoms with Crippen molar-refractivity contribution in [2.45, 2.75) is 25.4 Å². The molecule has 0 aromatic heterocycles. The zero-order valence-corrected chi connectivity index (χ0v) is 11.7. The summed E-state index contributed by atoms with van der Waals surface area (Å²) in [5.41, 5.74) is 2.12. The van der Waals surface area contributed by atoms with Crippen molar-refractivity contribution in [1.29, 1.82) is 0 Å². The van der Waals surface area contributed by atoms with Gasteiger partial charge in [0.15, 0.2) is 0 Å². The molecule has 0 spiro atoms. The summed E-state index contributed by atoms with van der Waals surface area (Å²) >= 11 is 0. The van der Waals surface area contributed by atoms with Crippen molar-refractivity contribution < 1.29 is 15.0 Å². The molecule has 1 unspecified atom stereocenters. The molecule has 2 rings (SSSR count). The fourth-order valence-corrected chi connectivity index (χ4v) is 2.20. The fraction of sp³-hybridized carbons (Fsp3) is 0.235. The number of carboxylic acids is 1. The van der Waals surface area contributed by atoms with E-state index in [0.717, 1.165) is 11.1 Å². The van der Waals surface area contributed by atoms with E-state index >= 15 is 0 Å². The van der Waals surface area contributed by atoms with Crippen LogP contribution in [0.25, 0.3) is 0 Å². The van der Waals surface area contributed by atoms with Crippen molar-refractivity contribution in [3.8, 4) is 5.75 Å². The number of hydrogen-bond donors (Lipinski definition) is 3. The van der Waals surface area contributed by atoms with Crippen LogP contribution in [-0.2, 0) is 17.8 Å². The van der Waals surface area contributed by atoms with Gasteiger partial charge in [0.1, 0.15) is 5.75 Å². The number of phenolic OH excluding ortho intramolecular Hbond substituents is 1. The second-order valence-corrected chi connectivity index (χ2v) is 5.03. The molecule has 1 atom stereocenters. The third-order valence-electron chi connectivity index (χ3n) is 3.28. The molecule has 3 N–H and O–H groups in total. The largest absolute Gasteiger partial charge is 0.508 e. The second-order valence-electron chi connectivity index (χ2n) is 5.03. The van der Waals surface area contributed by atoms with Crippen LogP contribution >= 0.6 is 0 Å². The normalized spacial score (nSPS) is 12.0. The fourth-order valence-electron chi connectivity index (χ4n) is 2.20. The molecule has 2 aromatic rings. The highest BCUT2D eigenvalue weighted by atomic mass is 16.4. The molecule has 0 aliphatic rings. The van der Waals surface area contributed by atoms with Gasteiger partial charge in [-0.1, -0.05) is 42.5 Å². The van der Waals surface area contributed by atoms with Crippen LogP contribution < -0.4 is 5.32 Å². The highest BCUT2D eigenvalue weighted by molar-refractivity contribution is 5.67. The van der Waals surface area contributed by atoms with E-state index in [1.165, 1.54) is 0 Å². The number of carbonyl (C=O) groups is 1. The van der Waals surface area contributed by atoms with E-state index in [-0.39, 0.29) is 18.2 Å². The van der Waals surface area contributed by atoms with E-state index in [0.29, 0.717) is 13.0 Å². The first-order chi connectivity index (χ1) is 10.1. The van der Waals surface area contributed by atoms with E-state index in [1.54, 1.807) is 12.1 Å². The Morgan fingerprint density at radius 1 is 1.00 bits per heavy atom. The lowest BCUT2D eigenvalue weighted by molar-refractivity contribution is -0.137. The van der Waals surface area contributed by atoms with Crippen molar-refractivity contribution >= 4 is 5.97 Å². The Morgan fingerprint density at radius 2 is 1.67 bits per heavy atom. The van der Waals surface area contributed by atoms with Gasteiger partial charge < -0.3 is 15.5 Å². The van der Waals surface area contributed by atoms with Gasteiger partial charge >= 0.3 is 5.97 Å². The summed E-state index contributed by atoms with van der Waals surface area (Å²) in [5, 5.41) is 21.6. The number of phenols is 1. The molecule has 21 heavy (non-hydrogen) atoms. The highest BCUT2D eigenvalue weighted by Crippen LogP contribution is 2.13. The lowest BCUT2D eigenvalue weighted by Crippen LogP contribution is -2.33. The molecule has 0 bridgehead atoms. The maximum atomic E-state index is 11.0. The number of benzene rings is 2. The van der Waals surface area contributed by atoms with Crippen LogP contribution in [0, 0.1) is 0 Å². The number of aliphatic carboxylic acids is 1. The molecule has 4 heteroatoms. The summed E-state index contributed by atoms with van der Waals surface area (Å²) in [7, 11) is 0. The van der Waals surface area contributed by atoms with E-state index in [9.17, 15) is 9.90 Å². The van der Waals surface area contributed by atoms with Crippen LogP contribution in [-0.4, -0.2) is 22.2 Å². The maximum absolute atomic E-state index is 11.0. The molecular weight excluding hydrogens is 266 g/mol. The van der Waals surface area contributed by atoms with Gasteiger partial charge in [-0.2, -0.15) is 0 Å². The molecule has 0 aliphatic heterocycles. The standard InChI is InChI=1S/C17H19NO3/c19-16-8-6-13(7-9-16)10-15(11-17(20)21)18-12-14-4-2-1-3-5-14/h1-9,15,18-19H,10-12H2,(H,20,21).